The zero-order chi connectivity index (χ0) is 13.3. The highest BCUT2D eigenvalue weighted by Crippen LogP contribution is 2.37. The second kappa shape index (κ2) is 9.54. The van der Waals surface area contributed by atoms with Crippen LogP contribution >= 0.6 is 22.6 Å². The molecule has 0 aromatic heterocycles. The first-order chi connectivity index (χ1) is 8.76. The average Bonchev–Trinajstić information content (AvgIpc) is 2.43. The van der Waals surface area contributed by atoms with Crippen molar-refractivity contribution < 1.29 is 9.47 Å². The van der Waals surface area contributed by atoms with Gasteiger partial charge in [-0.15, -0.1) is 0 Å². The SMILES string of the molecule is CCCCOCCOC1(CI)CCC(CC)CC1. The lowest BCUT2D eigenvalue weighted by molar-refractivity contribution is -0.0779. The fraction of sp³-hybridized carbons (Fsp3) is 1.00. The lowest BCUT2D eigenvalue weighted by Gasteiger charge is -2.38. The van der Waals surface area contributed by atoms with Gasteiger partial charge in [-0.2, -0.15) is 0 Å². The number of hydrogen-bond acceptors (Lipinski definition) is 2. The fourth-order valence-corrected chi connectivity index (χ4v) is 3.58. The first-order valence-electron chi connectivity index (χ1n) is 7.54. The van der Waals surface area contributed by atoms with Crippen LogP contribution in [0.5, 0.6) is 0 Å². The molecule has 1 aliphatic carbocycles. The third kappa shape index (κ3) is 5.74. The summed E-state index contributed by atoms with van der Waals surface area (Å²) in [7, 11) is 0. The van der Waals surface area contributed by atoms with E-state index >= 15 is 0 Å². The van der Waals surface area contributed by atoms with Gasteiger partial charge in [-0.05, 0) is 38.0 Å². The minimum absolute atomic E-state index is 0.153. The molecule has 0 aromatic carbocycles. The van der Waals surface area contributed by atoms with E-state index in [2.05, 4.69) is 36.4 Å². The lowest BCUT2D eigenvalue weighted by atomic mass is 9.79. The topological polar surface area (TPSA) is 18.5 Å². The Morgan fingerprint density at radius 2 is 1.83 bits per heavy atom. The molecule has 0 saturated heterocycles. The van der Waals surface area contributed by atoms with Crippen LogP contribution in [-0.4, -0.2) is 29.8 Å². The van der Waals surface area contributed by atoms with E-state index < -0.39 is 0 Å². The monoisotopic (exact) mass is 368 g/mol. The molecule has 0 bridgehead atoms. The minimum Gasteiger partial charge on any atom is -0.379 e. The molecule has 1 aliphatic rings. The molecule has 0 unspecified atom stereocenters. The number of alkyl halides is 1. The molecule has 0 amide bonds. The standard InChI is InChI=1S/C15H29IO2/c1-3-5-10-17-11-12-18-15(13-16)8-6-14(4-2)7-9-15/h14H,3-13H2,1-2H3. The van der Waals surface area contributed by atoms with Gasteiger partial charge < -0.3 is 9.47 Å². The fourth-order valence-electron chi connectivity index (χ4n) is 2.59. The minimum atomic E-state index is 0.153. The highest BCUT2D eigenvalue weighted by atomic mass is 127. The van der Waals surface area contributed by atoms with E-state index in [1.54, 1.807) is 0 Å². The molecular formula is C15H29IO2. The van der Waals surface area contributed by atoms with Crippen molar-refractivity contribution in [2.24, 2.45) is 5.92 Å². The third-order valence-corrected chi connectivity index (χ3v) is 5.51. The highest BCUT2D eigenvalue weighted by Gasteiger charge is 2.34. The van der Waals surface area contributed by atoms with Crippen LogP contribution in [0.15, 0.2) is 0 Å². The van der Waals surface area contributed by atoms with Gasteiger partial charge in [-0.1, -0.05) is 49.3 Å². The summed E-state index contributed by atoms with van der Waals surface area (Å²) >= 11 is 2.49. The molecule has 0 radical (unpaired) electrons. The van der Waals surface area contributed by atoms with Gasteiger partial charge in [0.2, 0.25) is 0 Å². The van der Waals surface area contributed by atoms with Crippen LogP contribution in [0, 0.1) is 5.92 Å². The summed E-state index contributed by atoms with van der Waals surface area (Å²) in [6, 6.07) is 0. The van der Waals surface area contributed by atoms with Gasteiger partial charge in [0.1, 0.15) is 0 Å². The van der Waals surface area contributed by atoms with E-state index in [4.69, 9.17) is 9.47 Å². The Morgan fingerprint density at radius 3 is 2.39 bits per heavy atom. The number of unbranched alkanes of at least 4 members (excludes halogenated alkanes) is 1. The van der Waals surface area contributed by atoms with Crippen molar-refractivity contribution in [3.8, 4) is 0 Å². The van der Waals surface area contributed by atoms with Crippen molar-refractivity contribution in [2.45, 2.75) is 64.4 Å². The predicted molar refractivity (Wildman–Crippen MR) is 85.5 cm³/mol. The summed E-state index contributed by atoms with van der Waals surface area (Å²) in [6.07, 6.45) is 8.86. The molecule has 0 aromatic rings. The van der Waals surface area contributed by atoms with Gasteiger partial charge in [0.15, 0.2) is 0 Å². The molecule has 0 heterocycles. The average molecular weight is 368 g/mol. The van der Waals surface area contributed by atoms with Crippen LogP contribution < -0.4 is 0 Å². The molecule has 18 heavy (non-hydrogen) atoms. The molecule has 0 atom stereocenters. The summed E-state index contributed by atoms with van der Waals surface area (Å²) in [5.74, 6) is 0.936. The maximum Gasteiger partial charge on any atom is 0.0772 e. The van der Waals surface area contributed by atoms with Gasteiger partial charge in [0.05, 0.1) is 18.8 Å². The van der Waals surface area contributed by atoms with E-state index in [0.717, 1.165) is 36.6 Å². The van der Waals surface area contributed by atoms with Crippen molar-refractivity contribution in [1.29, 1.82) is 0 Å². The Labute approximate surface area is 126 Å². The summed E-state index contributed by atoms with van der Waals surface area (Å²) in [5.41, 5.74) is 0.153. The number of ether oxygens (including phenoxy) is 2. The summed E-state index contributed by atoms with van der Waals surface area (Å²) < 4.78 is 12.9. The van der Waals surface area contributed by atoms with E-state index in [1.807, 2.05) is 0 Å². The smallest absolute Gasteiger partial charge is 0.0772 e. The molecule has 1 fully saturated rings. The van der Waals surface area contributed by atoms with Crippen LogP contribution in [-0.2, 0) is 9.47 Å². The van der Waals surface area contributed by atoms with E-state index in [1.165, 1.54) is 38.5 Å². The van der Waals surface area contributed by atoms with Crippen molar-refractivity contribution in [3.05, 3.63) is 0 Å². The maximum atomic E-state index is 6.16. The zero-order valence-electron chi connectivity index (χ0n) is 12.0. The molecule has 108 valence electrons. The highest BCUT2D eigenvalue weighted by molar-refractivity contribution is 14.1. The van der Waals surface area contributed by atoms with Gasteiger partial charge in [0.25, 0.3) is 0 Å². The Kier molecular flexibility index (Phi) is 8.85. The van der Waals surface area contributed by atoms with E-state index in [0.29, 0.717) is 0 Å². The van der Waals surface area contributed by atoms with Gasteiger partial charge in [-0.3, -0.25) is 0 Å². The Hall–Kier alpha value is 0.650. The molecule has 0 aliphatic heterocycles. The second-order valence-corrected chi connectivity index (χ2v) is 6.25. The molecule has 1 rings (SSSR count). The number of rotatable bonds is 9. The molecule has 1 saturated carbocycles. The molecule has 3 heteroatoms. The Balaban J connectivity index is 2.17. The summed E-state index contributed by atoms with van der Waals surface area (Å²) in [6.45, 7) is 6.91. The largest absolute Gasteiger partial charge is 0.379 e. The Bertz CT molecular complexity index is 201. The first kappa shape index (κ1) is 16.7. The van der Waals surface area contributed by atoms with Gasteiger partial charge in [-0.25, -0.2) is 0 Å². The number of hydrogen-bond donors (Lipinski definition) is 0. The van der Waals surface area contributed by atoms with Crippen molar-refractivity contribution in [1.82, 2.24) is 0 Å². The number of halogens is 1. The van der Waals surface area contributed by atoms with E-state index in [-0.39, 0.29) is 5.60 Å². The molecular weight excluding hydrogens is 339 g/mol. The summed E-state index contributed by atoms with van der Waals surface area (Å²) in [5, 5.41) is 0. The molecule has 0 spiro atoms. The van der Waals surface area contributed by atoms with Crippen LogP contribution in [0.3, 0.4) is 0 Å². The van der Waals surface area contributed by atoms with Crippen LogP contribution in [0.4, 0.5) is 0 Å². The lowest BCUT2D eigenvalue weighted by Crippen LogP contribution is -2.39. The summed E-state index contributed by atoms with van der Waals surface area (Å²) in [4.78, 5) is 0. The van der Waals surface area contributed by atoms with Crippen molar-refractivity contribution in [2.75, 3.05) is 24.2 Å². The van der Waals surface area contributed by atoms with Crippen molar-refractivity contribution >= 4 is 22.6 Å². The normalized spacial score (nSPS) is 28.5. The van der Waals surface area contributed by atoms with Gasteiger partial charge in [0, 0.05) is 11.0 Å². The third-order valence-electron chi connectivity index (χ3n) is 4.12. The van der Waals surface area contributed by atoms with E-state index in [9.17, 15) is 0 Å². The van der Waals surface area contributed by atoms with Crippen LogP contribution in [0.1, 0.15) is 58.8 Å². The predicted octanol–water partition coefficient (Wildman–Crippen LogP) is 4.59. The zero-order valence-corrected chi connectivity index (χ0v) is 14.2. The van der Waals surface area contributed by atoms with Crippen LogP contribution in [0.2, 0.25) is 0 Å². The second-order valence-electron chi connectivity index (χ2n) is 5.48. The Morgan fingerprint density at radius 1 is 1.11 bits per heavy atom. The molecule has 0 N–H and O–H groups in total. The maximum absolute atomic E-state index is 6.16. The van der Waals surface area contributed by atoms with Crippen LogP contribution in [0.25, 0.3) is 0 Å². The first-order valence-corrected chi connectivity index (χ1v) is 9.06. The molecule has 2 nitrogen and oxygen atoms in total. The van der Waals surface area contributed by atoms with Crippen molar-refractivity contribution in [3.63, 3.8) is 0 Å². The quantitative estimate of drug-likeness (QED) is 0.337. The van der Waals surface area contributed by atoms with Gasteiger partial charge >= 0.3 is 0 Å².